The van der Waals surface area contributed by atoms with Crippen molar-refractivity contribution >= 4 is 24.8 Å². The molecule has 0 aliphatic carbocycles. The number of halogens is 2. The van der Waals surface area contributed by atoms with Gasteiger partial charge in [0.25, 0.3) is 0 Å². The van der Waals surface area contributed by atoms with E-state index >= 15 is 0 Å². The lowest BCUT2D eigenvalue weighted by molar-refractivity contribution is 0.00578. The SMILES string of the molecule is CC1(C)OB(/C=C/c2nccc(Cl)c2F)OC1(C)C. The van der Waals surface area contributed by atoms with Gasteiger partial charge in [-0.3, -0.25) is 4.98 Å². The average molecular weight is 284 g/mol. The number of hydrogen-bond acceptors (Lipinski definition) is 3. The Balaban J connectivity index is 2.15. The smallest absolute Gasteiger partial charge is 0.400 e. The van der Waals surface area contributed by atoms with Crippen LogP contribution in [-0.2, 0) is 9.31 Å². The van der Waals surface area contributed by atoms with E-state index in [1.165, 1.54) is 18.3 Å². The Bertz CT molecular complexity index is 503. The maximum absolute atomic E-state index is 13.7. The van der Waals surface area contributed by atoms with Gasteiger partial charge in [-0.15, -0.1) is 0 Å². The molecule has 102 valence electrons. The van der Waals surface area contributed by atoms with Crippen LogP contribution in [0.1, 0.15) is 33.4 Å². The van der Waals surface area contributed by atoms with Crippen molar-refractivity contribution in [2.75, 3.05) is 0 Å². The largest absolute Gasteiger partial charge is 0.487 e. The standard InChI is InChI=1S/C13H16BClFNO2/c1-12(2)13(3,4)19-14(18-12)7-5-10-11(16)9(15)6-8-17-10/h5-8H,1-4H3/b7-5+. The summed E-state index contributed by atoms with van der Waals surface area (Å²) in [5.41, 5.74) is -0.660. The van der Waals surface area contributed by atoms with Crippen molar-refractivity contribution in [2.45, 2.75) is 38.9 Å². The first kappa shape index (κ1) is 14.5. The van der Waals surface area contributed by atoms with Crippen molar-refractivity contribution in [2.24, 2.45) is 0 Å². The molecule has 1 aliphatic rings. The van der Waals surface area contributed by atoms with Crippen LogP contribution in [0.5, 0.6) is 0 Å². The Hall–Kier alpha value is -0.905. The lowest BCUT2D eigenvalue weighted by Gasteiger charge is -2.32. The van der Waals surface area contributed by atoms with E-state index in [2.05, 4.69) is 4.98 Å². The molecule has 3 nitrogen and oxygen atoms in total. The predicted octanol–water partition coefficient (Wildman–Crippen LogP) is 3.52. The van der Waals surface area contributed by atoms with Crippen molar-refractivity contribution in [3.05, 3.63) is 34.8 Å². The summed E-state index contributed by atoms with van der Waals surface area (Å²) >= 11 is 5.69. The highest BCUT2D eigenvalue weighted by molar-refractivity contribution is 6.52. The third-order valence-corrected chi connectivity index (χ3v) is 3.84. The normalized spacial score (nSPS) is 21.3. The summed E-state index contributed by atoms with van der Waals surface area (Å²) in [5, 5.41) is 0.0450. The fourth-order valence-electron chi connectivity index (χ4n) is 1.69. The van der Waals surface area contributed by atoms with Crippen LogP contribution in [0.2, 0.25) is 5.02 Å². The second-order valence-electron chi connectivity index (χ2n) is 5.48. The minimum absolute atomic E-state index is 0.0450. The van der Waals surface area contributed by atoms with Crippen LogP contribution in [0, 0.1) is 5.82 Å². The van der Waals surface area contributed by atoms with Gasteiger partial charge in [0.15, 0.2) is 5.82 Å². The Kier molecular flexibility index (Phi) is 3.73. The number of hydrogen-bond donors (Lipinski definition) is 0. The van der Waals surface area contributed by atoms with Crippen molar-refractivity contribution < 1.29 is 13.7 Å². The molecule has 2 heterocycles. The lowest BCUT2D eigenvalue weighted by Crippen LogP contribution is -2.41. The van der Waals surface area contributed by atoms with Crippen molar-refractivity contribution in [1.82, 2.24) is 4.98 Å². The molecule has 1 aromatic heterocycles. The van der Waals surface area contributed by atoms with Gasteiger partial charge in [0.05, 0.1) is 21.9 Å². The van der Waals surface area contributed by atoms with E-state index in [9.17, 15) is 4.39 Å². The van der Waals surface area contributed by atoms with Gasteiger partial charge in [0.1, 0.15) is 0 Å². The molecule has 0 amide bonds. The molecule has 6 heteroatoms. The molecule has 0 atom stereocenters. The maximum Gasteiger partial charge on any atom is 0.487 e. The van der Waals surface area contributed by atoms with E-state index in [1.807, 2.05) is 27.7 Å². The van der Waals surface area contributed by atoms with E-state index in [-0.39, 0.29) is 10.7 Å². The summed E-state index contributed by atoms with van der Waals surface area (Å²) in [6.07, 6.45) is 2.97. The molecule has 0 unspecified atom stereocenters. The Morgan fingerprint density at radius 1 is 1.26 bits per heavy atom. The van der Waals surface area contributed by atoms with Crippen LogP contribution in [0.4, 0.5) is 4.39 Å². The van der Waals surface area contributed by atoms with Gasteiger partial charge in [-0.2, -0.15) is 0 Å². The fraction of sp³-hybridized carbons (Fsp3) is 0.462. The van der Waals surface area contributed by atoms with Gasteiger partial charge in [0.2, 0.25) is 0 Å². The van der Waals surface area contributed by atoms with Crippen LogP contribution in [0.15, 0.2) is 18.2 Å². The van der Waals surface area contributed by atoms with E-state index in [0.717, 1.165) is 0 Å². The number of aromatic nitrogens is 1. The highest BCUT2D eigenvalue weighted by Crippen LogP contribution is 2.37. The summed E-state index contributed by atoms with van der Waals surface area (Å²) in [7, 11) is -0.523. The summed E-state index contributed by atoms with van der Waals surface area (Å²) in [5.74, 6) is 1.09. The van der Waals surface area contributed by atoms with Gasteiger partial charge in [-0.05, 0) is 39.8 Å². The van der Waals surface area contributed by atoms with Crippen LogP contribution >= 0.6 is 11.6 Å². The molecule has 1 saturated heterocycles. The molecule has 0 bridgehead atoms. The van der Waals surface area contributed by atoms with Gasteiger partial charge in [-0.1, -0.05) is 17.6 Å². The molecule has 1 aliphatic heterocycles. The molecule has 0 aromatic carbocycles. The first-order valence-corrected chi connectivity index (χ1v) is 6.44. The summed E-state index contributed by atoms with van der Waals surface area (Å²) < 4.78 is 25.2. The molecule has 1 fully saturated rings. The fourth-order valence-corrected chi connectivity index (χ4v) is 1.84. The minimum Gasteiger partial charge on any atom is -0.400 e. The van der Waals surface area contributed by atoms with Crippen LogP contribution in [-0.4, -0.2) is 23.3 Å². The monoisotopic (exact) mass is 283 g/mol. The first-order chi connectivity index (χ1) is 8.73. The quantitative estimate of drug-likeness (QED) is 0.778. The maximum atomic E-state index is 13.7. The summed E-state index contributed by atoms with van der Waals surface area (Å²) in [6, 6.07) is 1.41. The molecule has 0 saturated carbocycles. The van der Waals surface area contributed by atoms with Gasteiger partial charge < -0.3 is 9.31 Å². The molecular weight excluding hydrogens is 267 g/mol. The lowest BCUT2D eigenvalue weighted by atomic mass is 9.89. The molecule has 1 aromatic rings. The second kappa shape index (κ2) is 4.89. The van der Waals surface area contributed by atoms with Crippen molar-refractivity contribution in [1.29, 1.82) is 0 Å². The molecule has 0 spiro atoms. The predicted molar refractivity (Wildman–Crippen MR) is 74.3 cm³/mol. The highest BCUT2D eigenvalue weighted by Gasteiger charge is 2.50. The highest BCUT2D eigenvalue weighted by atomic mass is 35.5. The van der Waals surface area contributed by atoms with E-state index in [4.69, 9.17) is 20.9 Å². The molecule has 19 heavy (non-hydrogen) atoms. The van der Waals surface area contributed by atoms with Gasteiger partial charge >= 0.3 is 7.12 Å². The third-order valence-electron chi connectivity index (χ3n) is 3.55. The average Bonchev–Trinajstić information content (AvgIpc) is 2.50. The zero-order valence-corrected chi connectivity index (χ0v) is 12.2. The third kappa shape index (κ3) is 2.83. The Morgan fingerprint density at radius 3 is 2.42 bits per heavy atom. The Morgan fingerprint density at radius 2 is 1.84 bits per heavy atom. The molecule has 2 rings (SSSR count). The van der Waals surface area contributed by atoms with Crippen molar-refractivity contribution in [3.8, 4) is 0 Å². The molecular formula is C13H16BClFNO2. The number of pyridine rings is 1. The summed E-state index contributed by atoms with van der Waals surface area (Å²) in [6.45, 7) is 7.83. The van der Waals surface area contributed by atoms with E-state index < -0.39 is 24.1 Å². The first-order valence-electron chi connectivity index (χ1n) is 6.07. The van der Waals surface area contributed by atoms with Gasteiger partial charge in [0, 0.05) is 6.20 Å². The second-order valence-corrected chi connectivity index (χ2v) is 5.88. The van der Waals surface area contributed by atoms with Gasteiger partial charge in [-0.25, -0.2) is 4.39 Å². The van der Waals surface area contributed by atoms with Crippen LogP contribution in [0.25, 0.3) is 6.08 Å². The molecule has 0 N–H and O–H groups in total. The van der Waals surface area contributed by atoms with Crippen molar-refractivity contribution in [3.63, 3.8) is 0 Å². The van der Waals surface area contributed by atoms with Crippen LogP contribution in [0.3, 0.4) is 0 Å². The minimum atomic E-state index is -0.545. The molecule has 0 radical (unpaired) electrons. The van der Waals surface area contributed by atoms with E-state index in [1.54, 1.807) is 5.98 Å². The topological polar surface area (TPSA) is 31.4 Å². The number of nitrogens with zero attached hydrogens (tertiary/aromatic N) is 1. The summed E-state index contributed by atoms with van der Waals surface area (Å²) in [4.78, 5) is 3.92. The zero-order chi connectivity index (χ0) is 14.3. The zero-order valence-electron chi connectivity index (χ0n) is 11.4. The van der Waals surface area contributed by atoms with E-state index in [0.29, 0.717) is 0 Å². The Labute approximate surface area is 117 Å². The number of rotatable bonds is 2. The van der Waals surface area contributed by atoms with Crippen LogP contribution < -0.4 is 0 Å².